The van der Waals surface area contributed by atoms with Gasteiger partial charge in [-0.2, -0.15) is 0 Å². The van der Waals surface area contributed by atoms with Crippen molar-refractivity contribution in [1.82, 2.24) is 10.9 Å². The van der Waals surface area contributed by atoms with Crippen LogP contribution in [-0.4, -0.2) is 44.1 Å². The molecule has 0 saturated carbocycles. The molecular weight excluding hydrogens is 422 g/mol. The van der Waals surface area contributed by atoms with E-state index in [4.69, 9.17) is 9.47 Å². The van der Waals surface area contributed by atoms with Crippen LogP contribution >= 0.6 is 0 Å². The van der Waals surface area contributed by atoms with Crippen molar-refractivity contribution in [2.75, 3.05) is 31.2 Å². The Morgan fingerprint density at radius 1 is 0.818 bits per heavy atom. The highest BCUT2D eigenvalue weighted by Gasteiger charge is 2.11. The Bertz CT molecular complexity index is 1110. The molecule has 0 fully saturated rings. The minimum Gasteiger partial charge on any atom is -0.482 e. The molecule has 3 aromatic rings. The molecule has 0 spiro atoms. The van der Waals surface area contributed by atoms with Crippen LogP contribution in [0, 0.1) is 0 Å². The summed E-state index contributed by atoms with van der Waals surface area (Å²) >= 11 is 0. The van der Waals surface area contributed by atoms with E-state index in [0.29, 0.717) is 11.3 Å². The van der Waals surface area contributed by atoms with Gasteiger partial charge >= 0.3 is 5.97 Å². The summed E-state index contributed by atoms with van der Waals surface area (Å²) < 4.78 is 10.3. The molecule has 0 aliphatic rings. The minimum absolute atomic E-state index is 0.336. The van der Waals surface area contributed by atoms with E-state index in [1.165, 1.54) is 0 Å². The number of anilines is 1. The molecule has 3 rings (SSSR count). The van der Waals surface area contributed by atoms with Gasteiger partial charge in [-0.3, -0.25) is 20.4 Å². The second-order valence-electron chi connectivity index (χ2n) is 7.18. The van der Waals surface area contributed by atoms with E-state index in [2.05, 4.69) is 29.6 Å². The number of nitrogens with one attached hydrogen (secondary N) is 2. The number of rotatable bonds is 9. The highest BCUT2D eigenvalue weighted by molar-refractivity contribution is 5.96. The zero-order valence-corrected chi connectivity index (χ0v) is 18.7. The number of carbonyl (C=O) groups excluding carboxylic acids is 3. The molecule has 3 aromatic carbocycles. The smallest absolute Gasteiger partial charge is 0.344 e. The molecule has 172 valence electrons. The van der Waals surface area contributed by atoms with Crippen molar-refractivity contribution in [2.24, 2.45) is 0 Å². The van der Waals surface area contributed by atoms with Crippen LogP contribution in [0.1, 0.15) is 24.2 Å². The Kier molecular flexibility index (Phi) is 8.24. The van der Waals surface area contributed by atoms with Crippen molar-refractivity contribution in [2.45, 2.75) is 13.8 Å². The van der Waals surface area contributed by atoms with E-state index in [1.54, 1.807) is 18.2 Å². The fraction of sp³-hybridized carbons (Fsp3) is 0.240. The number of ether oxygens (including phenoxy) is 2. The molecule has 33 heavy (non-hydrogen) atoms. The molecule has 8 nitrogen and oxygen atoms in total. The largest absolute Gasteiger partial charge is 0.482 e. The Hall–Kier alpha value is -4.07. The van der Waals surface area contributed by atoms with Gasteiger partial charge < -0.3 is 14.4 Å². The van der Waals surface area contributed by atoms with E-state index < -0.39 is 24.4 Å². The van der Waals surface area contributed by atoms with Crippen molar-refractivity contribution in [3.8, 4) is 5.75 Å². The average Bonchev–Trinajstić information content (AvgIpc) is 2.85. The zero-order chi connectivity index (χ0) is 23.6. The number of hydrogen-bond donors (Lipinski definition) is 2. The minimum atomic E-state index is -0.698. The number of carbonyl (C=O) groups is 3. The van der Waals surface area contributed by atoms with E-state index in [9.17, 15) is 14.4 Å². The summed E-state index contributed by atoms with van der Waals surface area (Å²) in [5, 5.41) is 2.05. The van der Waals surface area contributed by atoms with Crippen LogP contribution in [0.5, 0.6) is 5.75 Å². The molecule has 0 radical (unpaired) electrons. The van der Waals surface area contributed by atoms with Crippen molar-refractivity contribution < 1.29 is 23.9 Å². The number of esters is 1. The third kappa shape index (κ3) is 6.70. The Balaban J connectivity index is 1.38. The van der Waals surface area contributed by atoms with Crippen molar-refractivity contribution in [3.05, 3.63) is 72.3 Å². The van der Waals surface area contributed by atoms with E-state index in [1.807, 2.05) is 48.5 Å². The first-order valence-corrected chi connectivity index (χ1v) is 10.7. The summed E-state index contributed by atoms with van der Waals surface area (Å²) in [5.41, 5.74) is 5.93. The van der Waals surface area contributed by atoms with Crippen LogP contribution in [0.2, 0.25) is 0 Å². The van der Waals surface area contributed by atoms with Crippen molar-refractivity contribution in [1.29, 1.82) is 0 Å². The van der Waals surface area contributed by atoms with Crippen LogP contribution in [0.3, 0.4) is 0 Å². The second kappa shape index (κ2) is 11.5. The lowest BCUT2D eigenvalue weighted by atomic mass is 10.1. The van der Waals surface area contributed by atoms with Gasteiger partial charge in [0.15, 0.2) is 13.2 Å². The molecule has 0 aliphatic heterocycles. The predicted molar refractivity (Wildman–Crippen MR) is 126 cm³/mol. The zero-order valence-electron chi connectivity index (χ0n) is 18.7. The molecule has 0 atom stereocenters. The average molecular weight is 450 g/mol. The maximum atomic E-state index is 12.2. The van der Waals surface area contributed by atoms with Gasteiger partial charge in [0.25, 0.3) is 11.8 Å². The first kappa shape index (κ1) is 23.6. The van der Waals surface area contributed by atoms with E-state index in [0.717, 1.165) is 29.5 Å². The molecule has 8 heteroatoms. The standard InChI is InChI=1S/C25H27N3O5/c1-3-28(4-2)21-12-9-19(10-13-21)25(31)27-26-23(29)16-33-24(30)17-32-22-14-11-18-7-5-6-8-20(18)15-22/h5-15H,3-4,16-17H2,1-2H3,(H,26,29)(H,27,31). The molecule has 0 heterocycles. The van der Waals surface area contributed by atoms with Gasteiger partial charge in [-0.05, 0) is 61.0 Å². The molecular formula is C25H27N3O5. The number of nitrogens with zero attached hydrogens (tertiary/aromatic N) is 1. The van der Waals surface area contributed by atoms with Crippen LogP contribution in [0.4, 0.5) is 5.69 Å². The van der Waals surface area contributed by atoms with Gasteiger partial charge in [-0.25, -0.2) is 4.79 Å². The first-order valence-electron chi connectivity index (χ1n) is 10.7. The van der Waals surface area contributed by atoms with Crippen LogP contribution in [0.15, 0.2) is 66.7 Å². The first-order chi connectivity index (χ1) is 16.0. The number of hydrogen-bond acceptors (Lipinski definition) is 6. The lowest BCUT2D eigenvalue weighted by Gasteiger charge is -2.21. The third-order valence-corrected chi connectivity index (χ3v) is 5.02. The van der Waals surface area contributed by atoms with Gasteiger partial charge in [0, 0.05) is 24.3 Å². The molecule has 0 aliphatic carbocycles. The van der Waals surface area contributed by atoms with E-state index >= 15 is 0 Å². The van der Waals surface area contributed by atoms with Gasteiger partial charge in [-0.15, -0.1) is 0 Å². The highest BCUT2D eigenvalue weighted by Crippen LogP contribution is 2.20. The highest BCUT2D eigenvalue weighted by atomic mass is 16.6. The molecule has 0 bridgehead atoms. The van der Waals surface area contributed by atoms with Crippen LogP contribution < -0.4 is 20.5 Å². The number of benzene rings is 3. The summed E-state index contributed by atoms with van der Waals surface area (Å²) in [6.07, 6.45) is 0. The van der Waals surface area contributed by atoms with Gasteiger partial charge in [0.1, 0.15) is 5.75 Å². The lowest BCUT2D eigenvalue weighted by molar-refractivity contribution is -0.150. The van der Waals surface area contributed by atoms with Gasteiger partial charge in [0.2, 0.25) is 0 Å². The Labute approximate surface area is 192 Å². The lowest BCUT2D eigenvalue weighted by Crippen LogP contribution is -2.43. The summed E-state index contributed by atoms with van der Waals surface area (Å²) in [5.74, 6) is -1.31. The monoisotopic (exact) mass is 449 g/mol. The molecule has 0 saturated heterocycles. The summed E-state index contributed by atoms with van der Waals surface area (Å²) in [6, 6.07) is 20.3. The fourth-order valence-electron chi connectivity index (χ4n) is 3.23. The molecule has 0 aromatic heterocycles. The van der Waals surface area contributed by atoms with Crippen LogP contribution in [0.25, 0.3) is 10.8 Å². The Morgan fingerprint density at radius 2 is 1.52 bits per heavy atom. The second-order valence-corrected chi connectivity index (χ2v) is 7.18. The van der Waals surface area contributed by atoms with Gasteiger partial charge in [-0.1, -0.05) is 30.3 Å². The van der Waals surface area contributed by atoms with Crippen molar-refractivity contribution in [3.63, 3.8) is 0 Å². The molecule has 2 amide bonds. The van der Waals surface area contributed by atoms with E-state index in [-0.39, 0.29) is 6.61 Å². The molecule has 2 N–H and O–H groups in total. The summed E-state index contributed by atoms with van der Waals surface area (Å²) in [4.78, 5) is 38.1. The molecule has 0 unspecified atom stereocenters. The summed E-state index contributed by atoms with van der Waals surface area (Å²) in [7, 11) is 0. The fourth-order valence-corrected chi connectivity index (χ4v) is 3.23. The maximum Gasteiger partial charge on any atom is 0.344 e. The van der Waals surface area contributed by atoms with Gasteiger partial charge in [0.05, 0.1) is 0 Å². The number of amides is 2. The SMILES string of the molecule is CCN(CC)c1ccc(C(=O)NNC(=O)COC(=O)COc2ccc3ccccc3c2)cc1. The maximum absolute atomic E-state index is 12.2. The van der Waals surface area contributed by atoms with Crippen LogP contribution in [-0.2, 0) is 14.3 Å². The summed E-state index contributed by atoms with van der Waals surface area (Å²) in [6.45, 7) is 4.97. The Morgan fingerprint density at radius 3 is 2.21 bits per heavy atom. The number of hydrazine groups is 1. The van der Waals surface area contributed by atoms with Crippen molar-refractivity contribution >= 4 is 34.2 Å². The topological polar surface area (TPSA) is 97.0 Å². The number of fused-ring (bicyclic) bond motifs is 1. The third-order valence-electron chi connectivity index (χ3n) is 5.02. The quantitative estimate of drug-likeness (QED) is 0.385. The normalized spacial score (nSPS) is 10.4. The predicted octanol–water partition coefficient (Wildman–Crippen LogP) is 3.07.